The number of nitrogens with one attached hydrogen (secondary N) is 1. The fourth-order valence-corrected chi connectivity index (χ4v) is 4.90. The van der Waals surface area contributed by atoms with Crippen LogP contribution in [0.5, 0.6) is 0 Å². The summed E-state index contributed by atoms with van der Waals surface area (Å²) in [6.45, 7) is 9.07. The highest BCUT2D eigenvalue weighted by atomic mass is 16.5. The Hall–Kier alpha value is -2.27. The van der Waals surface area contributed by atoms with Crippen molar-refractivity contribution in [3.63, 3.8) is 0 Å². The molecule has 2 aliphatic rings. The van der Waals surface area contributed by atoms with Crippen molar-refractivity contribution < 1.29 is 4.74 Å². The van der Waals surface area contributed by atoms with Gasteiger partial charge in [0.1, 0.15) is 5.82 Å². The summed E-state index contributed by atoms with van der Waals surface area (Å²) in [5.41, 5.74) is 2.33. The smallest absolute Gasteiger partial charge is 0.251 e. The molecule has 5 nitrogen and oxygen atoms in total. The second kappa shape index (κ2) is 8.62. The van der Waals surface area contributed by atoms with E-state index in [2.05, 4.69) is 72.0 Å². The molecule has 0 radical (unpaired) electrons. The average molecular weight is 396 g/mol. The minimum absolute atomic E-state index is 0.0273. The van der Waals surface area contributed by atoms with E-state index in [1.165, 1.54) is 12.0 Å². The summed E-state index contributed by atoms with van der Waals surface area (Å²) in [7, 11) is 0. The topological polar surface area (TPSA) is 48.6 Å². The molecule has 5 heteroatoms. The molecule has 0 amide bonds. The second-order valence-electron chi connectivity index (χ2n) is 8.78. The number of hydrogen-bond acceptors (Lipinski definition) is 4. The number of H-pyrrole nitrogens is 1. The molecule has 2 saturated heterocycles. The van der Waals surface area contributed by atoms with Crippen molar-refractivity contribution in [3.8, 4) is 0 Å². The van der Waals surface area contributed by atoms with Crippen molar-refractivity contribution in [3.05, 3.63) is 58.4 Å². The number of piperidine rings is 1. The lowest BCUT2D eigenvalue weighted by Crippen LogP contribution is -2.51. The van der Waals surface area contributed by atoms with Gasteiger partial charge in [-0.25, -0.2) is 0 Å². The van der Waals surface area contributed by atoms with Gasteiger partial charge in [0.2, 0.25) is 0 Å². The summed E-state index contributed by atoms with van der Waals surface area (Å²) in [5, 5.41) is 0. The summed E-state index contributed by atoms with van der Waals surface area (Å²) in [4.78, 5) is 20.5. The third-order valence-corrected chi connectivity index (χ3v) is 6.52. The lowest BCUT2D eigenvalue weighted by Gasteiger charge is -2.46. The van der Waals surface area contributed by atoms with Crippen LogP contribution in [-0.4, -0.2) is 42.9 Å². The minimum atomic E-state index is -0.0273. The van der Waals surface area contributed by atoms with Crippen molar-refractivity contribution >= 4 is 11.5 Å². The van der Waals surface area contributed by atoms with Gasteiger partial charge in [-0.1, -0.05) is 37.3 Å². The predicted molar refractivity (Wildman–Crippen MR) is 119 cm³/mol. The van der Waals surface area contributed by atoms with E-state index in [4.69, 9.17) is 4.74 Å². The van der Waals surface area contributed by atoms with E-state index in [-0.39, 0.29) is 11.7 Å². The van der Waals surface area contributed by atoms with Crippen LogP contribution < -0.4 is 15.4 Å². The van der Waals surface area contributed by atoms with Crippen LogP contribution in [0.25, 0.3) is 0 Å². The largest absolute Gasteiger partial charge is 0.375 e. The Bertz CT molecular complexity index is 866. The molecule has 2 aromatic rings. The monoisotopic (exact) mass is 395 g/mol. The Kier molecular flexibility index (Phi) is 5.95. The number of aromatic nitrogens is 1. The van der Waals surface area contributed by atoms with Crippen LogP contribution >= 0.6 is 0 Å². The van der Waals surface area contributed by atoms with Gasteiger partial charge < -0.3 is 19.5 Å². The molecule has 29 heavy (non-hydrogen) atoms. The van der Waals surface area contributed by atoms with E-state index in [1.54, 1.807) is 6.07 Å². The standard InChI is InChI=1S/C24H33N3O2/c1-17-9-10-18(2)27(22(17)13-20-7-5-4-6-8-20)23-14-21(15-24(28)25-23)26-11-12-29-19(3)16-26/h4-8,14-15,17-19,22H,9-13,16H2,1-3H3,(H,25,28)/t17-,18+,19+,22+/m0/s1. The van der Waals surface area contributed by atoms with E-state index in [0.29, 0.717) is 24.6 Å². The van der Waals surface area contributed by atoms with Gasteiger partial charge in [0, 0.05) is 43.0 Å². The first kappa shape index (κ1) is 20.0. The number of benzene rings is 1. The number of pyridine rings is 1. The molecule has 1 aromatic carbocycles. The van der Waals surface area contributed by atoms with Crippen molar-refractivity contribution in [2.75, 3.05) is 29.5 Å². The molecule has 4 rings (SSSR count). The zero-order valence-corrected chi connectivity index (χ0v) is 17.8. The number of anilines is 2. The van der Waals surface area contributed by atoms with Crippen LogP contribution in [0.15, 0.2) is 47.3 Å². The van der Waals surface area contributed by atoms with E-state index >= 15 is 0 Å². The van der Waals surface area contributed by atoms with Gasteiger partial charge in [-0.05, 0) is 44.6 Å². The Morgan fingerprint density at radius 1 is 1.10 bits per heavy atom. The van der Waals surface area contributed by atoms with E-state index in [9.17, 15) is 4.79 Å². The van der Waals surface area contributed by atoms with Crippen molar-refractivity contribution in [2.45, 2.75) is 58.2 Å². The molecule has 2 aliphatic heterocycles. The van der Waals surface area contributed by atoms with Gasteiger partial charge in [0.15, 0.2) is 0 Å². The van der Waals surface area contributed by atoms with Gasteiger partial charge in [-0.3, -0.25) is 4.79 Å². The van der Waals surface area contributed by atoms with Crippen LogP contribution in [0.3, 0.4) is 0 Å². The van der Waals surface area contributed by atoms with Crippen LogP contribution in [0.1, 0.15) is 39.2 Å². The molecule has 0 unspecified atom stereocenters. The average Bonchev–Trinajstić information content (AvgIpc) is 2.71. The van der Waals surface area contributed by atoms with Gasteiger partial charge in [0.25, 0.3) is 5.56 Å². The van der Waals surface area contributed by atoms with E-state index < -0.39 is 0 Å². The Morgan fingerprint density at radius 2 is 1.90 bits per heavy atom. The molecule has 0 bridgehead atoms. The maximum atomic E-state index is 12.6. The van der Waals surface area contributed by atoms with E-state index in [0.717, 1.165) is 37.4 Å². The first-order valence-electron chi connectivity index (χ1n) is 10.9. The third-order valence-electron chi connectivity index (χ3n) is 6.52. The third kappa shape index (κ3) is 4.50. The molecule has 1 aromatic heterocycles. The Labute approximate surface area is 173 Å². The van der Waals surface area contributed by atoms with Crippen LogP contribution in [0.2, 0.25) is 0 Å². The molecular formula is C24H33N3O2. The fourth-order valence-electron chi connectivity index (χ4n) is 4.90. The Morgan fingerprint density at radius 3 is 2.66 bits per heavy atom. The van der Waals surface area contributed by atoms with Crippen LogP contribution in [0, 0.1) is 5.92 Å². The summed E-state index contributed by atoms with van der Waals surface area (Å²) >= 11 is 0. The number of morpholine rings is 1. The molecule has 0 saturated carbocycles. The molecular weight excluding hydrogens is 362 g/mol. The molecule has 2 fully saturated rings. The quantitative estimate of drug-likeness (QED) is 0.855. The number of aromatic amines is 1. The number of hydrogen-bond donors (Lipinski definition) is 1. The Balaban J connectivity index is 1.67. The first-order valence-corrected chi connectivity index (χ1v) is 10.9. The molecule has 1 N–H and O–H groups in total. The number of rotatable bonds is 4. The van der Waals surface area contributed by atoms with Gasteiger partial charge in [0.05, 0.1) is 12.7 Å². The highest BCUT2D eigenvalue weighted by Gasteiger charge is 2.34. The maximum absolute atomic E-state index is 12.6. The van der Waals surface area contributed by atoms with Crippen molar-refractivity contribution in [2.24, 2.45) is 5.92 Å². The second-order valence-corrected chi connectivity index (χ2v) is 8.78. The minimum Gasteiger partial charge on any atom is -0.375 e. The highest BCUT2D eigenvalue weighted by Crippen LogP contribution is 2.34. The molecule has 156 valence electrons. The summed E-state index contributed by atoms with van der Waals surface area (Å²) < 4.78 is 5.68. The zero-order chi connectivity index (χ0) is 20.4. The van der Waals surface area contributed by atoms with Crippen molar-refractivity contribution in [1.29, 1.82) is 0 Å². The molecule has 0 spiro atoms. The van der Waals surface area contributed by atoms with Crippen molar-refractivity contribution in [1.82, 2.24) is 4.98 Å². The maximum Gasteiger partial charge on any atom is 0.251 e. The summed E-state index contributed by atoms with van der Waals surface area (Å²) in [5.74, 6) is 1.52. The van der Waals surface area contributed by atoms with Gasteiger partial charge in [-0.2, -0.15) is 0 Å². The van der Waals surface area contributed by atoms with Gasteiger partial charge in [-0.15, -0.1) is 0 Å². The SMILES string of the molecule is C[C@@H]1CN(c2cc(N3[C@H](C)CC[C@H](C)[C@H]3Cc3ccccc3)[nH]c(=O)c2)CCO1. The van der Waals surface area contributed by atoms with Crippen LogP contribution in [0.4, 0.5) is 11.5 Å². The van der Waals surface area contributed by atoms with Gasteiger partial charge >= 0.3 is 0 Å². The number of ether oxygens (including phenoxy) is 1. The molecule has 4 atom stereocenters. The lowest BCUT2D eigenvalue weighted by atomic mass is 9.83. The fraction of sp³-hybridized carbons (Fsp3) is 0.542. The number of nitrogens with zero attached hydrogens (tertiary/aromatic N) is 2. The van der Waals surface area contributed by atoms with E-state index in [1.807, 2.05) is 0 Å². The summed E-state index contributed by atoms with van der Waals surface area (Å²) in [6.07, 6.45) is 3.55. The molecule has 3 heterocycles. The summed E-state index contributed by atoms with van der Waals surface area (Å²) in [6, 6.07) is 15.4. The predicted octanol–water partition coefficient (Wildman–Crippen LogP) is 3.84. The normalized spacial score (nSPS) is 27.8. The van der Waals surface area contributed by atoms with Crippen LogP contribution in [-0.2, 0) is 11.2 Å². The zero-order valence-electron chi connectivity index (χ0n) is 17.8. The first-order chi connectivity index (χ1) is 14.0. The highest BCUT2D eigenvalue weighted by molar-refractivity contribution is 5.56. The molecule has 0 aliphatic carbocycles. The lowest BCUT2D eigenvalue weighted by molar-refractivity contribution is 0.0532.